The summed E-state index contributed by atoms with van der Waals surface area (Å²) in [4.78, 5) is 108. The number of fused-ring (bicyclic) bond motifs is 5. The molecule has 0 bridgehead atoms. The van der Waals surface area contributed by atoms with Crippen LogP contribution in [0.1, 0.15) is 106 Å². The van der Waals surface area contributed by atoms with Crippen LogP contribution in [0, 0.1) is 18.7 Å². The van der Waals surface area contributed by atoms with Crippen LogP contribution in [-0.2, 0) is 72.9 Å². The Morgan fingerprint density at radius 1 is 0.972 bits per heavy atom. The fourth-order valence-corrected chi connectivity index (χ4v) is 9.72. The molecule has 1 fully saturated rings. The van der Waals surface area contributed by atoms with Crippen LogP contribution in [0.25, 0.3) is 22.3 Å². The molecular weight excluding hydrogens is 946 g/mol. The molecule has 0 spiro atoms. The van der Waals surface area contributed by atoms with E-state index < -0.39 is 113 Å². The van der Waals surface area contributed by atoms with Crippen molar-refractivity contribution in [2.45, 2.75) is 147 Å². The maximum Gasteiger partial charge on any atom is 0.343 e. The van der Waals surface area contributed by atoms with Gasteiger partial charge in [0.05, 0.1) is 66.6 Å². The normalized spacial score (nSPS) is 23.0. The second-order valence-corrected chi connectivity index (χ2v) is 19.1. The zero-order chi connectivity index (χ0) is 52.5. The molecular formula is C48H62FN9O14. The molecule has 24 heteroatoms. The predicted molar refractivity (Wildman–Crippen MR) is 251 cm³/mol. The highest BCUT2D eigenvalue weighted by Crippen LogP contribution is 2.46. The second kappa shape index (κ2) is 21.7. The molecule has 0 radical (unpaired) electrons. The number of primary amides is 1. The number of aliphatic hydroxyl groups excluding tert-OH is 2. The van der Waals surface area contributed by atoms with E-state index in [0.717, 1.165) is 5.56 Å². The first kappa shape index (κ1) is 53.4. The van der Waals surface area contributed by atoms with Crippen molar-refractivity contribution in [3.05, 3.63) is 61.7 Å². The molecule has 4 aliphatic rings. The number of esters is 1. The molecule has 7 rings (SSSR count). The molecule has 0 saturated carbocycles. The van der Waals surface area contributed by atoms with E-state index >= 15 is 4.39 Å². The van der Waals surface area contributed by atoms with Crippen LogP contribution in [-0.4, -0.2) is 129 Å². The number of ether oxygens (including phenoxy) is 3. The fraction of sp³-hybridized carbons (Fsp3) is 0.562. The molecule has 3 aromatic rings. The van der Waals surface area contributed by atoms with E-state index in [2.05, 4.69) is 26.6 Å². The summed E-state index contributed by atoms with van der Waals surface area (Å²) in [7, 11) is 0. The van der Waals surface area contributed by atoms with Crippen LogP contribution in [0.4, 0.5) is 4.39 Å². The molecule has 0 unspecified atom stereocenters. The number of halogens is 1. The number of hydrogen-bond acceptors (Lipinski definition) is 16. The van der Waals surface area contributed by atoms with E-state index in [9.17, 15) is 53.7 Å². The summed E-state index contributed by atoms with van der Waals surface area (Å²) in [5.41, 5.74) is 12.5. The Kier molecular flexibility index (Phi) is 16.1. The summed E-state index contributed by atoms with van der Waals surface area (Å²) >= 11 is 0. The maximum absolute atomic E-state index is 15.3. The number of benzene rings is 1. The number of aryl methyl sites for hydroxylation is 1. The largest absolute Gasteiger partial charge is 0.458 e. The van der Waals surface area contributed by atoms with Gasteiger partial charge in [-0.2, -0.15) is 0 Å². The van der Waals surface area contributed by atoms with E-state index in [1.807, 2.05) is 0 Å². The highest BCUT2D eigenvalue weighted by Gasteiger charge is 2.46. The van der Waals surface area contributed by atoms with E-state index in [1.54, 1.807) is 33.8 Å². The van der Waals surface area contributed by atoms with Crippen LogP contribution in [0.5, 0.6) is 0 Å². The van der Waals surface area contributed by atoms with Crippen LogP contribution < -0.4 is 43.6 Å². The molecule has 1 aromatic carbocycles. The molecule has 2 aromatic heterocycles. The molecule has 12 N–H and O–H groups in total. The summed E-state index contributed by atoms with van der Waals surface area (Å²) in [5, 5.41) is 45.5. The minimum Gasteiger partial charge on any atom is -0.458 e. The lowest BCUT2D eigenvalue weighted by atomic mass is 9.81. The average Bonchev–Trinajstić information content (AvgIpc) is 3.83. The van der Waals surface area contributed by atoms with Gasteiger partial charge < -0.3 is 72.1 Å². The molecule has 3 aliphatic heterocycles. The van der Waals surface area contributed by atoms with Crippen LogP contribution in [0.15, 0.2) is 16.9 Å². The van der Waals surface area contributed by atoms with Gasteiger partial charge in [-0.05, 0) is 68.2 Å². The third-order valence-corrected chi connectivity index (χ3v) is 13.9. The number of carbonyl (C=O) groups is 7. The van der Waals surface area contributed by atoms with Gasteiger partial charge in [-0.1, -0.05) is 20.8 Å². The van der Waals surface area contributed by atoms with Crippen LogP contribution >= 0.6 is 0 Å². The van der Waals surface area contributed by atoms with Gasteiger partial charge in [-0.15, -0.1) is 0 Å². The topological polar surface area (TPSA) is 355 Å². The Labute approximate surface area is 412 Å². The van der Waals surface area contributed by atoms with Gasteiger partial charge >= 0.3 is 5.97 Å². The average molecular weight is 1010 g/mol. The van der Waals surface area contributed by atoms with Crippen molar-refractivity contribution in [2.24, 2.45) is 17.4 Å². The van der Waals surface area contributed by atoms with Crippen molar-refractivity contribution in [3.8, 4) is 11.4 Å². The molecule has 390 valence electrons. The van der Waals surface area contributed by atoms with Crippen molar-refractivity contribution in [3.63, 3.8) is 0 Å². The minimum atomic E-state index is -2.04. The lowest BCUT2D eigenvalue weighted by Gasteiger charge is -2.31. The number of nitrogens with zero attached hydrogens (tertiary/aromatic N) is 2. The quantitative estimate of drug-likeness (QED) is 0.0269. The second-order valence-electron chi connectivity index (χ2n) is 19.1. The number of nitrogens with one attached hydrogen (secondary N) is 5. The number of aromatic nitrogens is 2. The van der Waals surface area contributed by atoms with Gasteiger partial charge in [0.1, 0.15) is 49.6 Å². The highest BCUT2D eigenvalue weighted by atomic mass is 19.1. The summed E-state index contributed by atoms with van der Waals surface area (Å²) in [6, 6.07) is -1.06. The SMILES string of the molecule is CC[C@@]1(O)C(=O)OCc2c1cc1n(c2=O)Cc2c-1nc1cc(F)c(C)c3c1c2[C@@H](NC(=O)CCOCNC(=O)[C@H](C)NC(=O)[C@@H](NC(=O)[C@@H](N)CCC(=O)NC[C@H]1O[C@@H](CC(N)=O)[C@H](O)[C@@H]1O)C(C)C)CC3. The number of hydrogen-bond donors (Lipinski definition) is 10. The highest BCUT2D eigenvalue weighted by molar-refractivity contribution is 5.95. The molecule has 6 amide bonds. The maximum atomic E-state index is 15.3. The number of nitrogens with two attached hydrogens (primary N) is 2. The van der Waals surface area contributed by atoms with Crippen LogP contribution in [0.3, 0.4) is 0 Å². The van der Waals surface area contributed by atoms with Crippen LogP contribution in [0.2, 0.25) is 0 Å². The first-order chi connectivity index (χ1) is 34.1. The minimum absolute atomic E-state index is 0.0416. The van der Waals surface area contributed by atoms with E-state index in [0.29, 0.717) is 51.8 Å². The number of cyclic esters (lactones) is 1. The van der Waals surface area contributed by atoms with E-state index in [1.165, 1.54) is 17.6 Å². The Bertz CT molecular complexity index is 2750. The monoisotopic (exact) mass is 1010 g/mol. The zero-order valence-corrected chi connectivity index (χ0v) is 40.6. The van der Waals surface area contributed by atoms with E-state index in [-0.39, 0.29) is 76.3 Å². The molecule has 1 aliphatic carbocycles. The lowest BCUT2D eigenvalue weighted by molar-refractivity contribution is -0.172. The molecule has 5 heterocycles. The lowest BCUT2D eigenvalue weighted by Crippen LogP contribution is -2.57. The first-order valence-electron chi connectivity index (χ1n) is 23.9. The van der Waals surface area contributed by atoms with E-state index in [4.69, 9.17) is 30.7 Å². The third-order valence-electron chi connectivity index (χ3n) is 13.9. The number of rotatable bonds is 20. The van der Waals surface area contributed by atoms with Gasteiger partial charge in [-0.25, -0.2) is 14.2 Å². The molecule has 23 nitrogen and oxygen atoms in total. The number of aliphatic hydroxyl groups is 3. The Morgan fingerprint density at radius 3 is 2.39 bits per heavy atom. The number of carbonyl (C=O) groups excluding carboxylic acids is 7. The van der Waals surface area contributed by atoms with Crippen molar-refractivity contribution in [1.82, 2.24) is 36.1 Å². The van der Waals surface area contributed by atoms with Crippen molar-refractivity contribution in [1.29, 1.82) is 0 Å². The molecule has 72 heavy (non-hydrogen) atoms. The third kappa shape index (κ3) is 10.7. The first-order valence-corrected chi connectivity index (χ1v) is 23.9. The van der Waals surface area contributed by atoms with Gasteiger partial charge in [0.25, 0.3) is 5.56 Å². The predicted octanol–water partition coefficient (Wildman–Crippen LogP) is -1.66. The fourth-order valence-electron chi connectivity index (χ4n) is 9.72. The van der Waals surface area contributed by atoms with Crippen molar-refractivity contribution in [2.75, 3.05) is 19.9 Å². The number of amides is 6. The van der Waals surface area contributed by atoms with Gasteiger partial charge in [0.15, 0.2) is 5.60 Å². The Balaban J connectivity index is 0.884. The smallest absolute Gasteiger partial charge is 0.343 e. The summed E-state index contributed by atoms with van der Waals surface area (Å²) in [6.45, 7) is 7.20. The molecule has 1 saturated heterocycles. The standard InChI is InChI=1S/C48H62FN9O14/c1-6-48(69)26-13-31-40-24(17-58(31)46(67)25(26)18-71-47(48)68)38-29(9-7-23-21(4)27(49)14-30(56-40)37(23)38)55-36(61)11-12-70-19-53-43(64)22(5)54-45(66)39(20(2)3)57-44(65)28(50)8-10-35(60)52-16-33-42(63)41(62)32(72-33)15-34(51)59/h13-14,20,22,28-29,32-33,39,41-42,62-63,69H,6-12,15-19,50H2,1-5H3,(H2,51,59)(H,52,60)(H,53,64)(H,54,66)(H,55,61)(H,57,65)/t22-,28-,29-,32-,33+,39-,41-,42+,48-/m0/s1. The van der Waals surface area contributed by atoms with Gasteiger partial charge in [0.2, 0.25) is 35.4 Å². The molecule has 9 atom stereocenters. The number of pyridine rings is 2. The summed E-state index contributed by atoms with van der Waals surface area (Å²) in [5.74, 6) is -5.45. The summed E-state index contributed by atoms with van der Waals surface area (Å²) < 4.78 is 33.0. The van der Waals surface area contributed by atoms with Crippen molar-refractivity contribution >= 4 is 52.3 Å². The Hall–Kier alpha value is -6.44. The summed E-state index contributed by atoms with van der Waals surface area (Å²) in [6.07, 6.45) is -4.73. The van der Waals surface area contributed by atoms with Gasteiger partial charge in [-0.3, -0.25) is 33.6 Å². The zero-order valence-electron chi connectivity index (χ0n) is 40.6. The Morgan fingerprint density at radius 2 is 1.69 bits per heavy atom. The van der Waals surface area contributed by atoms with Crippen molar-refractivity contribution < 1.29 is 67.5 Å². The van der Waals surface area contributed by atoms with Gasteiger partial charge in [0, 0.05) is 35.5 Å².